The first kappa shape index (κ1) is 15.7. The molecule has 2 rings (SSSR count). The molecule has 7 heteroatoms. The van der Waals surface area contributed by atoms with E-state index in [4.69, 9.17) is 17.0 Å². The van der Waals surface area contributed by atoms with Gasteiger partial charge in [0, 0.05) is 6.54 Å². The highest BCUT2D eigenvalue weighted by Crippen LogP contribution is 2.18. The summed E-state index contributed by atoms with van der Waals surface area (Å²) in [6, 6.07) is 9.73. The highest BCUT2D eigenvalue weighted by molar-refractivity contribution is 9.10. The van der Waals surface area contributed by atoms with E-state index in [0.717, 1.165) is 22.2 Å². The van der Waals surface area contributed by atoms with Crippen LogP contribution in [0.15, 0.2) is 41.0 Å². The number of rotatable bonds is 5. The zero-order valence-corrected chi connectivity index (χ0v) is 13.9. The normalized spacial score (nSPS) is 10.0. The summed E-state index contributed by atoms with van der Waals surface area (Å²) in [6.07, 6.45) is 2.42. The van der Waals surface area contributed by atoms with Gasteiger partial charge >= 0.3 is 0 Å². The van der Waals surface area contributed by atoms with E-state index in [0.29, 0.717) is 17.5 Å². The molecule has 0 bridgehead atoms. The number of benzene rings is 1. The van der Waals surface area contributed by atoms with E-state index < -0.39 is 0 Å². The Balaban J connectivity index is 1.83. The molecule has 0 aliphatic rings. The van der Waals surface area contributed by atoms with Gasteiger partial charge in [0.2, 0.25) is 0 Å². The second kappa shape index (κ2) is 7.90. The van der Waals surface area contributed by atoms with Gasteiger partial charge in [-0.2, -0.15) is 5.10 Å². The molecule has 0 saturated carbocycles. The largest absolute Gasteiger partial charge is 0.496 e. The molecule has 5 nitrogen and oxygen atoms in total. The molecule has 21 heavy (non-hydrogen) atoms. The Hall–Kier alpha value is -1.73. The second-order valence-corrected chi connectivity index (χ2v) is 5.43. The van der Waals surface area contributed by atoms with Gasteiger partial charge in [-0.3, -0.25) is 0 Å². The molecule has 0 unspecified atom stereocenters. The summed E-state index contributed by atoms with van der Waals surface area (Å²) >= 11 is 8.61. The predicted molar refractivity (Wildman–Crippen MR) is 90.7 cm³/mol. The quantitative estimate of drug-likeness (QED) is 0.793. The third-order valence-electron chi connectivity index (χ3n) is 2.78. The van der Waals surface area contributed by atoms with E-state index >= 15 is 0 Å². The minimum atomic E-state index is 0.506. The van der Waals surface area contributed by atoms with Crippen LogP contribution in [-0.4, -0.2) is 29.0 Å². The number of methoxy groups -OCH3 is 1. The lowest BCUT2D eigenvalue weighted by Crippen LogP contribution is -2.30. The molecule has 0 radical (unpaired) electrons. The van der Waals surface area contributed by atoms with Crippen LogP contribution in [0.5, 0.6) is 5.75 Å². The molecular weight excluding hydrogens is 352 g/mol. The average Bonchev–Trinajstić information content (AvgIpc) is 2.50. The summed E-state index contributed by atoms with van der Waals surface area (Å²) in [7, 11) is 1.67. The van der Waals surface area contributed by atoms with E-state index in [1.54, 1.807) is 19.4 Å². The molecule has 0 spiro atoms. The van der Waals surface area contributed by atoms with Crippen molar-refractivity contribution in [3.8, 4) is 5.75 Å². The van der Waals surface area contributed by atoms with Gasteiger partial charge in [0.15, 0.2) is 10.9 Å². The Morgan fingerprint density at radius 3 is 2.90 bits per heavy atom. The summed E-state index contributed by atoms with van der Waals surface area (Å²) < 4.78 is 6.12. The molecule has 1 aromatic carbocycles. The molecule has 2 N–H and O–H groups in total. The lowest BCUT2D eigenvalue weighted by molar-refractivity contribution is 0.409. The highest BCUT2D eigenvalue weighted by Gasteiger charge is 2.05. The number of para-hydroxylation sites is 1. The van der Waals surface area contributed by atoms with Crippen molar-refractivity contribution in [2.45, 2.75) is 6.42 Å². The Morgan fingerprint density at radius 2 is 2.14 bits per heavy atom. The maximum atomic E-state index is 5.31. The van der Waals surface area contributed by atoms with Crippen LogP contribution in [-0.2, 0) is 6.42 Å². The maximum absolute atomic E-state index is 5.31. The molecule has 0 amide bonds. The molecule has 0 fully saturated rings. The van der Waals surface area contributed by atoms with Crippen molar-refractivity contribution < 1.29 is 4.74 Å². The van der Waals surface area contributed by atoms with Crippen molar-refractivity contribution in [3.05, 3.63) is 46.6 Å². The Labute approximate surface area is 137 Å². The first-order valence-corrected chi connectivity index (χ1v) is 7.54. The standard InChI is InChI=1S/C14H15BrN4OS/c1-20-12-5-3-2-4-10(12)6-8-16-14(21)18-13-11(15)7-9-17-19-13/h2-5,7,9H,6,8H2,1H3,(H2,16,18,19,21). The van der Waals surface area contributed by atoms with Crippen LogP contribution in [0.4, 0.5) is 5.82 Å². The van der Waals surface area contributed by atoms with Crippen molar-refractivity contribution in [2.24, 2.45) is 0 Å². The molecule has 1 heterocycles. The second-order valence-electron chi connectivity index (χ2n) is 4.17. The Kier molecular flexibility index (Phi) is 5.89. The Bertz CT molecular complexity index is 623. The summed E-state index contributed by atoms with van der Waals surface area (Å²) in [5, 5.41) is 14.4. The summed E-state index contributed by atoms with van der Waals surface area (Å²) in [4.78, 5) is 0. The minimum Gasteiger partial charge on any atom is -0.496 e. The van der Waals surface area contributed by atoms with Crippen LogP contribution < -0.4 is 15.4 Å². The zero-order valence-electron chi connectivity index (χ0n) is 11.5. The Morgan fingerprint density at radius 1 is 1.33 bits per heavy atom. The minimum absolute atomic E-state index is 0.506. The van der Waals surface area contributed by atoms with E-state index in [2.05, 4.69) is 36.8 Å². The number of hydrogen-bond acceptors (Lipinski definition) is 4. The average molecular weight is 367 g/mol. The van der Waals surface area contributed by atoms with Crippen LogP contribution in [0.3, 0.4) is 0 Å². The van der Waals surface area contributed by atoms with Crippen LogP contribution >= 0.6 is 28.1 Å². The first-order chi connectivity index (χ1) is 10.2. The van der Waals surface area contributed by atoms with Gasteiger partial charge in [-0.25, -0.2) is 0 Å². The zero-order chi connectivity index (χ0) is 15.1. The van der Waals surface area contributed by atoms with E-state index in [9.17, 15) is 0 Å². The van der Waals surface area contributed by atoms with Crippen molar-refractivity contribution in [1.82, 2.24) is 15.5 Å². The van der Waals surface area contributed by atoms with Crippen LogP contribution in [0, 0.1) is 0 Å². The van der Waals surface area contributed by atoms with Crippen molar-refractivity contribution in [1.29, 1.82) is 0 Å². The fraction of sp³-hybridized carbons (Fsp3) is 0.214. The van der Waals surface area contributed by atoms with Crippen LogP contribution in [0.1, 0.15) is 5.56 Å². The number of halogens is 1. The summed E-state index contributed by atoms with van der Waals surface area (Å²) in [6.45, 7) is 0.698. The predicted octanol–water partition coefficient (Wildman–Crippen LogP) is 2.78. The molecule has 2 aromatic rings. The van der Waals surface area contributed by atoms with E-state index in [1.807, 2.05) is 24.3 Å². The van der Waals surface area contributed by atoms with Crippen molar-refractivity contribution >= 4 is 39.1 Å². The van der Waals surface area contributed by atoms with E-state index in [-0.39, 0.29) is 0 Å². The molecule has 110 valence electrons. The first-order valence-electron chi connectivity index (χ1n) is 6.34. The van der Waals surface area contributed by atoms with E-state index in [1.165, 1.54) is 0 Å². The van der Waals surface area contributed by atoms with Crippen molar-refractivity contribution in [3.63, 3.8) is 0 Å². The SMILES string of the molecule is COc1ccccc1CCNC(=S)Nc1nnccc1Br. The number of aromatic nitrogens is 2. The lowest BCUT2D eigenvalue weighted by Gasteiger charge is -2.11. The van der Waals surface area contributed by atoms with Crippen LogP contribution in [0.25, 0.3) is 0 Å². The van der Waals surface area contributed by atoms with Crippen LogP contribution in [0.2, 0.25) is 0 Å². The number of nitrogens with zero attached hydrogens (tertiary/aromatic N) is 2. The molecule has 0 aliphatic heterocycles. The monoisotopic (exact) mass is 366 g/mol. The lowest BCUT2D eigenvalue weighted by atomic mass is 10.1. The topological polar surface area (TPSA) is 59.1 Å². The molecular formula is C14H15BrN4OS. The molecule has 1 aromatic heterocycles. The number of anilines is 1. The third kappa shape index (κ3) is 4.64. The fourth-order valence-electron chi connectivity index (χ4n) is 1.77. The fourth-order valence-corrected chi connectivity index (χ4v) is 2.27. The van der Waals surface area contributed by atoms with Gasteiger partial charge < -0.3 is 15.4 Å². The third-order valence-corrected chi connectivity index (χ3v) is 3.66. The summed E-state index contributed by atoms with van der Waals surface area (Å²) in [5.41, 5.74) is 1.14. The van der Waals surface area contributed by atoms with Gasteiger partial charge in [0.1, 0.15) is 5.75 Å². The van der Waals surface area contributed by atoms with Gasteiger partial charge in [-0.15, -0.1) is 5.10 Å². The number of hydrogen-bond donors (Lipinski definition) is 2. The molecule has 0 aliphatic carbocycles. The maximum Gasteiger partial charge on any atom is 0.172 e. The smallest absolute Gasteiger partial charge is 0.172 e. The van der Waals surface area contributed by atoms with Gasteiger partial charge in [-0.05, 0) is 52.3 Å². The van der Waals surface area contributed by atoms with Gasteiger partial charge in [-0.1, -0.05) is 18.2 Å². The molecule has 0 saturated heterocycles. The van der Waals surface area contributed by atoms with Crippen molar-refractivity contribution in [2.75, 3.05) is 19.0 Å². The molecule has 0 atom stereocenters. The number of ether oxygens (including phenoxy) is 1. The van der Waals surface area contributed by atoms with Gasteiger partial charge in [0.25, 0.3) is 0 Å². The number of nitrogens with one attached hydrogen (secondary N) is 2. The number of thiocarbonyl (C=S) groups is 1. The highest BCUT2D eigenvalue weighted by atomic mass is 79.9. The summed E-state index contributed by atoms with van der Waals surface area (Å²) in [5.74, 6) is 1.47. The van der Waals surface area contributed by atoms with Gasteiger partial charge in [0.05, 0.1) is 17.8 Å².